The monoisotopic (exact) mass is 276 g/mol. The van der Waals surface area contributed by atoms with Crippen molar-refractivity contribution in [2.24, 2.45) is 0 Å². The first kappa shape index (κ1) is 11.3. The second-order valence-electron chi connectivity index (χ2n) is 3.76. The topological polar surface area (TPSA) is 52.0 Å². The molecule has 0 unspecified atom stereocenters. The number of aromatic nitrogens is 1. The predicted molar refractivity (Wildman–Crippen MR) is 74.7 cm³/mol. The zero-order valence-corrected chi connectivity index (χ0v) is 10.8. The Balaban J connectivity index is 2.17. The predicted octanol–water partition coefficient (Wildman–Crippen LogP) is 4.31. The van der Waals surface area contributed by atoms with Crippen molar-refractivity contribution >= 4 is 28.8 Å². The molecule has 0 spiro atoms. The van der Waals surface area contributed by atoms with Gasteiger partial charge in [-0.25, -0.2) is 0 Å². The zero-order valence-electron chi connectivity index (χ0n) is 9.26. The fourth-order valence-electron chi connectivity index (χ4n) is 1.77. The van der Waals surface area contributed by atoms with Crippen LogP contribution >= 0.6 is 22.9 Å². The van der Waals surface area contributed by atoms with Gasteiger partial charge in [-0.05, 0) is 29.1 Å². The molecule has 90 valence electrons. The lowest BCUT2D eigenvalue weighted by Crippen LogP contribution is -1.88. The molecule has 3 rings (SSSR count). The molecule has 0 aliphatic heterocycles. The lowest BCUT2D eigenvalue weighted by atomic mass is 10.1. The average Bonchev–Trinajstić information content (AvgIpc) is 2.99. The normalized spacial score (nSPS) is 10.7. The van der Waals surface area contributed by atoms with Crippen molar-refractivity contribution in [2.75, 3.05) is 5.73 Å². The van der Waals surface area contributed by atoms with E-state index in [0.717, 1.165) is 16.0 Å². The van der Waals surface area contributed by atoms with Crippen LogP contribution in [0.3, 0.4) is 0 Å². The van der Waals surface area contributed by atoms with Crippen molar-refractivity contribution < 1.29 is 4.52 Å². The molecule has 2 N–H and O–H groups in total. The molecule has 3 nitrogen and oxygen atoms in total. The van der Waals surface area contributed by atoms with Gasteiger partial charge >= 0.3 is 0 Å². The maximum Gasteiger partial charge on any atom is 0.186 e. The number of nitrogen functional groups attached to an aromatic ring is 1. The molecule has 0 saturated carbocycles. The fraction of sp³-hybridized carbons (Fsp3) is 0. The maximum atomic E-state index is 5.88. The van der Waals surface area contributed by atoms with Crippen LogP contribution in [0.25, 0.3) is 21.8 Å². The first-order chi connectivity index (χ1) is 8.75. The van der Waals surface area contributed by atoms with E-state index >= 15 is 0 Å². The Morgan fingerprint density at radius 1 is 1.17 bits per heavy atom. The number of nitrogens with zero attached hydrogens (tertiary/aromatic N) is 1. The molecule has 0 atom stereocenters. The summed E-state index contributed by atoms with van der Waals surface area (Å²) in [4.78, 5) is 1.00. The number of anilines is 1. The van der Waals surface area contributed by atoms with Crippen LogP contribution < -0.4 is 5.73 Å². The van der Waals surface area contributed by atoms with Gasteiger partial charge in [0.25, 0.3) is 0 Å². The zero-order chi connectivity index (χ0) is 12.5. The van der Waals surface area contributed by atoms with Gasteiger partial charge in [0.05, 0.1) is 10.4 Å². The van der Waals surface area contributed by atoms with Crippen molar-refractivity contribution in [1.82, 2.24) is 5.16 Å². The van der Waals surface area contributed by atoms with Crippen LogP contribution in [0.1, 0.15) is 0 Å². The van der Waals surface area contributed by atoms with Crippen molar-refractivity contribution in [3.63, 3.8) is 0 Å². The molecule has 0 aliphatic rings. The van der Waals surface area contributed by atoms with Gasteiger partial charge < -0.3 is 10.3 Å². The molecule has 0 amide bonds. The van der Waals surface area contributed by atoms with Crippen LogP contribution in [0.4, 0.5) is 5.82 Å². The molecule has 0 saturated heterocycles. The van der Waals surface area contributed by atoms with E-state index < -0.39 is 0 Å². The van der Waals surface area contributed by atoms with Crippen molar-refractivity contribution in [2.45, 2.75) is 0 Å². The standard InChI is InChI=1S/C13H9ClN2OS/c14-9-5-3-8(4-6-9)11-12(17-16-13(11)15)10-2-1-7-18-10/h1-7H,(H2,15,16). The van der Waals surface area contributed by atoms with E-state index in [0.29, 0.717) is 16.6 Å². The average molecular weight is 277 g/mol. The second-order valence-corrected chi connectivity index (χ2v) is 5.14. The summed E-state index contributed by atoms with van der Waals surface area (Å²) in [6.07, 6.45) is 0. The Hall–Kier alpha value is -1.78. The highest BCUT2D eigenvalue weighted by molar-refractivity contribution is 7.13. The summed E-state index contributed by atoms with van der Waals surface area (Å²) in [5, 5.41) is 6.52. The minimum absolute atomic E-state index is 0.390. The maximum absolute atomic E-state index is 5.88. The highest BCUT2D eigenvalue weighted by Crippen LogP contribution is 2.38. The number of nitrogens with two attached hydrogens (primary N) is 1. The first-order valence-electron chi connectivity index (χ1n) is 5.30. The first-order valence-corrected chi connectivity index (χ1v) is 6.56. The van der Waals surface area contributed by atoms with Gasteiger partial charge in [-0.1, -0.05) is 35.0 Å². The van der Waals surface area contributed by atoms with E-state index in [1.54, 1.807) is 11.3 Å². The number of benzene rings is 1. The highest BCUT2D eigenvalue weighted by atomic mass is 35.5. The van der Waals surface area contributed by atoms with E-state index in [9.17, 15) is 0 Å². The summed E-state index contributed by atoms with van der Waals surface area (Å²) in [6, 6.07) is 11.4. The van der Waals surface area contributed by atoms with E-state index in [-0.39, 0.29) is 0 Å². The Morgan fingerprint density at radius 2 is 1.94 bits per heavy atom. The van der Waals surface area contributed by atoms with Crippen LogP contribution in [-0.2, 0) is 0 Å². The number of rotatable bonds is 2. The molecular weight excluding hydrogens is 268 g/mol. The van der Waals surface area contributed by atoms with E-state index in [2.05, 4.69) is 5.16 Å². The molecule has 2 aromatic heterocycles. The van der Waals surface area contributed by atoms with E-state index in [1.807, 2.05) is 41.8 Å². The quantitative estimate of drug-likeness (QED) is 0.759. The van der Waals surface area contributed by atoms with Gasteiger partial charge in [-0.2, -0.15) is 0 Å². The smallest absolute Gasteiger partial charge is 0.186 e. The number of thiophene rings is 1. The molecule has 18 heavy (non-hydrogen) atoms. The molecule has 0 fully saturated rings. The minimum atomic E-state index is 0.390. The third kappa shape index (κ3) is 1.89. The van der Waals surface area contributed by atoms with Crippen LogP contribution in [0.5, 0.6) is 0 Å². The van der Waals surface area contributed by atoms with Gasteiger partial charge in [0.2, 0.25) is 0 Å². The van der Waals surface area contributed by atoms with Crippen molar-refractivity contribution in [3.05, 3.63) is 46.8 Å². The minimum Gasteiger partial charge on any atom is -0.380 e. The van der Waals surface area contributed by atoms with E-state index in [4.69, 9.17) is 21.9 Å². The Morgan fingerprint density at radius 3 is 2.61 bits per heavy atom. The van der Waals surface area contributed by atoms with Crippen molar-refractivity contribution in [3.8, 4) is 21.8 Å². The van der Waals surface area contributed by atoms with E-state index in [1.165, 1.54) is 0 Å². The van der Waals surface area contributed by atoms with Gasteiger partial charge in [-0.3, -0.25) is 0 Å². The SMILES string of the molecule is Nc1noc(-c2cccs2)c1-c1ccc(Cl)cc1. The summed E-state index contributed by atoms with van der Waals surface area (Å²) >= 11 is 7.47. The molecule has 0 bridgehead atoms. The summed E-state index contributed by atoms with van der Waals surface area (Å²) in [5.74, 6) is 1.09. The summed E-state index contributed by atoms with van der Waals surface area (Å²) in [5.41, 5.74) is 7.64. The Labute approximate surface area is 113 Å². The summed E-state index contributed by atoms with van der Waals surface area (Å²) < 4.78 is 5.33. The molecular formula is C13H9ClN2OS. The van der Waals surface area contributed by atoms with Crippen molar-refractivity contribution in [1.29, 1.82) is 0 Å². The third-order valence-electron chi connectivity index (χ3n) is 2.60. The highest BCUT2D eigenvalue weighted by Gasteiger charge is 2.18. The fourth-order valence-corrected chi connectivity index (χ4v) is 2.61. The van der Waals surface area contributed by atoms with Gasteiger partial charge in [0, 0.05) is 5.02 Å². The number of hydrogen-bond acceptors (Lipinski definition) is 4. The van der Waals surface area contributed by atoms with Gasteiger partial charge in [0.15, 0.2) is 11.6 Å². The Bertz CT molecular complexity index is 659. The van der Waals surface area contributed by atoms with Crippen LogP contribution in [0.15, 0.2) is 46.3 Å². The Kier molecular flexibility index (Phi) is 2.81. The second kappa shape index (κ2) is 4.48. The van der Waals surface area contributed by atoms with Crippen LogP contribution in [-0.4, -0.2) is 5.16 Å². The molecule has 5 heteroatoms. The van der Waals surface area contributed by atoms with Crippen LogP contribution in [0.2, 0.25) is 5.02 Å². The molecule has 0 radical (unpaired) electrons. The molecule has 2 heterocycles. The third-order valence-corrected chi connectivity index (χ3v) is 3.72. The largest absolute Gasteiger partial charge is 0.380 e. The number of halogens is 1. The number of hydrogen-bond donors (Lipinski definition) is 1. The van der Waals surface area contributed by atoms with Gasteiger partial charge in [0.1, 0.15) is 0 Å². The molecule has 0 aliphatic carbocycles. The lowest BCUT2D eigenvalue weighted by molar-refractivity contribution is 0.437. The van der Waals surface area contributed by atoms with Gasteiger partial charge in [-0.15, -0.1) is 11.3 Å². The lowest BCUT2D eigenvalue weighted by Gasteiger charge is -2.01. The summed E-state index contributed by atoms with van der Waals surface area (Å²) in [7, 11) is 0. The molecule has 1 aromatic carbocycles. The molecule has 3 aromatic rings. The summed E-state index contributed by atoms with van der Waals surface area (Å²) in [6.45, 7) is 0. The van der Waals surface area contributed by atoms with Crippen LogP contribution in [0, 0.1) is 0 Å².